The van der Waals surface area contributed by atoms with E-state index < -0.39 is 40.8 Å². The van der Waals surface area contributed by atoms with Gasteiger partial charge >= 0.3 is 5.69 Å². The second-order valence-electron chi connectivity index (χ2n) is 5.47. The molecule has 1 unspecified atom stereocenters. The lowest BCUT2D eigenvalue weighted by molar-refractivity contribution is -0.00551. The number of hydrogen-bond acceptors (Lipinski definition) is 5. The van der Waals surface area contributed by atoms with Gasteiger partial charge in [-0.25, -0.2) is 4.79 Å². The van der Waals surface area contributed by atoms with Crippen molar-refractivity contribution in [3.8, 4) is 0 Å². The number of aromatic amines is 1. The van der Waals surface area contributed by atoms with Crippen molar-refractivity contribution in [2.45, 2.75) is 31.1 Å². The van der Waals surface area contributed by atoms with Gasteiger partial charge in [-0.1, -0.05) is 0 Å². The highest BCUT2D eigenvalue weighted by Crippen LogP contribution is 2.65. The fraction of sp³-hybridized carbons (Fsp3) is 0.667. The Morgan fingerprint density at radius 3 is 2.53 bits per heavy atom. The quantitative estimate of drug-likeness (QED) is 0.505. The van der Waals surface area contributed by atoms with Crippen LogP contribution in [-0.2, 0) is 0 Å². The Morgan fingerprint density at radius 2 is 2.00 bits per heavy atom. The maximum Gasteiger partial charge on any atom is 0.328 e. The van der Waals surface area contributed by atoms with Crippen LogP contribution in [0.1, 0.15) is 18.9 Å². The Hall–Kier alpha value is -1.44. The smallest absolute Gasteiger partial charge is 0.328 e. The summed E-state index contributed by atoms with van der Waals surface area (Å²) in [5, 5.41) is 29.6. The Kier molecular flexibility index (Phi) is 2.67. The molecule has 7 heteroatoms. The third-order valence-corrected chi connectivity index (χ3v) is 4.59. The summed E-state index contributed by atoms with van der Waals surface area (Å²) in [6.07, 6.45) is 0.631. The monoisotopic (exact) mass is 268 g/mol. The van der Waals surface area contributed by atoms with Gasteiger partial charge < -0.3 is 15.3 Å². The first-order valence-electron chi connectivity index (χ1n) is 6.30. The minimum Gasteiger partial charge on any atom is -0.396 e. The van der Waals surface area contributed by atoms with Crippen LogP contribution in [0.25, 0.3) is 0 Å². The molecule has 2 saturated carbocycles. The molecular formula is C12H16N2O5. The molecule has 4 N–H and O–H groups in total. The van der Waals surface area contributed by atoms with Crippen molar-refractivity contribution in [1.29, 1.82) is 0 Å². The van der Waals surface area contributed by atoms with Crippen LogP contribution >= 0.6 is 0 Å². The van der Waals surface area contributed by atoms with Crippen LogP contribution in [0.15, 0.2) is 21.9 Å². The van der Waals surface area contributed by atoms with Crippen molar-refractivity contribution in [3.05, 3.63) is 33.1 Å². The van der Waals surface area contributed by atoms with Gasteiger partial charge in [0.25, 0.3) is 5.56 Å². The first kappa shape index (κ1) is 12.6. The number of H-pyrrole nitrogens is 1. The van der Waals surface area contributed by atoms with Crippen molar-refractivity contribution in [3.63, 3.8) is 0 Å². The molecule has 104 valence electrons. The number of aromatic nitrogens is 2. The zero-order valence-corrected chi connectivity index (χ0v) is 10.2. The minimum absolute atomic E-state index is 0.229. The molecular weight excluding hydrogens is 252 g/mol. The van der Waals surface area contributed by atoms with Crippen molar-refractivity contribution in [2.75, 3.05) is 6.61 Å². The number of nitrogens with one attached hydrogen (secondary N) is 1. The zero-order chi connectivity index (χ0) is 13.8. The van der Waals surface area contributed by atoms with E-state index in [4.69, 9.17) is 0 Å². The lowest BCUT2D eigenvalue weighted by atomic mass is 9.90. The SMILES string of the molecule is O=c1ccn([C@H]2[C@@H](O)C(O)[C@@H](CO)C23CC3)c(=O)[nH]1. The van der Waals surface area contributed by atoms with E-state index in [1.165, 1.54) is 16.8 Å². The molecule has 2 fully saturated rings. The van der Waals surface area contributed by atoms with Gasteiger partial charge in [0.2, 0.25) is 0 Å². The van der Waals surface area contributed by atoms with Crippen LogP contribution in [0.2, 0.25) is 0 Å². The van der Waals surface area contributed by atoms with Crippen molar-refractivity contribution < 1.29 is 15.3 Å². The molecule has 3 rings (SSSR count). The first-order chi connectivity index (χ1) is 9.01. The van der Waals surface area contributed by atoms with Crippen molar-refractivity contribution in [1.82, 2.24) is 9.55 Å². The second kappa shape index (κ2) is 4.03. The van der Waals surface area contributed by atoms with Crippen LogP contribution in [0, 0.1) is 11.3 Å². The predicted molar refractivity (Wildman–Crippen MR) is 64.6 cm³/mol. The fourth-order valence-corrected chi connectivity index (χ4v) is 3.51. The van der Waals surface area contributed by atoms with Gasteiger partial charge in [0, 0.05) is 30.2 Å². The molecule has 4 atom stereocenters. The summed E-state index contributed by atoms with van der Waals surface area (Å²) in [5.74, 6) is -0.439. The molecule has 0 bridgehead atoms. The molecule has 0 saturated heterocycles. The Bertz CT molecular complexity index is 603. The molecule has 1 aromatic rings. The Morgan fingerprint density at radius 1 is 1.32 bits per heavy atom. The second-order valence-corrected chi connectivity index (χ2v) is 5.47. The maximum atomic E-state index is 11.8. The molecule has 2 aliphatic rings. The number of aliphatic hydroxyl groups excluding tert-OH is 3. The number of nitrogens with zero attached hydrogens (tertiary/aromatic N) is 1. The standard InChI is InChI=1S/C12H16N2O5/c15-5-6-8(17)9(18)10(12(6)2-3-12)14-4-1-7(16)13-11(14)19/h1,4,6,8-10,15,17-18H,2-3,5H2,(H,13,16,19)/t6-,8?,9+,10+/m1/s1. The van der Waals surface area contributed by atoms with Crippen LogP contribution in [0.5, 0.6) is 0 Å². The summed E-state index contributed by atoms with van der Waals surface area (Å²) in [6, 6.07) is 0.604. The van der Waals surface area contributed by atoms with Crippen LogP contribution in [0.4, 0.5) is 0 Å². The minimum atomic E-state index is -1.12. The summed E-state index contributed by atoms with van der Waals surface area (Å²) in [5.41, 5.74) is -1.55. The van der Waals surface area contributed by atoms with E-state index in [9.17, 15) is 24.9 Å². The van der Waals surface area contributed by atoms with E-state index in [2.05, 4.69) is 4.98 Å². The van der Waals surface area contributed by atoms with Crippen molar-refractivity contribution >= 4 is 0 Å². The average molecular weight is 268 g/mol. The predicted octanol–water partition coefficient (Wildman–Crippen LogP) is -1.80. The maximum absolute atomic E-state index is 11.8. The third-order valence-electron chi connectivity index (χ3n) is 4.59. The van der Waals surface area contributed by atoms with Gasteiger partial charge in [0.1, 0.15) is 6.10 Å². The molecule has 7 nitrogen and oxygen atoms in total. The molecule has 0 aromatic carbocycles. The number of hydrogen-bond donors (Lipinski definition) is 4. The molecule has 1 aromatic heterocycles. The highest BCUT2D eigenvalue weighted by molar-refractivity contribution is 5.17. The molecule has 0 amide bonds. The zero-order valence-electron chi connectivity index (χ0n) is 10.2. The highest BCUT2D eigenvalue weighted by Gasteiger charge is 2.66. The Labute approximate surface area is 108 Å². The number of aliphatic hydroxyl groups is 3. The third kappa shape index (κ3) is 1.62. The molecule has 0 radical (unpaired) electrons. The average Bonchev–Trinajstić information content (AvgIpc) is 3.10. The van der Waals surface area contributed by atoms with Gasteiger partial charge in [0.15, 0.2) is 0 Å². The first-order valence-corrected chi connectivity index (χ1v) is 6.30. The summed E-state index contributed by atoms with van der Waals surface area (Å²) < 4.78 is 1.26. The summed E-state index contributed by atoms with van der Waals surface area (Å²) in [6.45, 7) is -0.229. The van der Waals surface area contributed by atoms with Gasteiger partial charge in [-0.15, -0.1) is 0 Å². The molecule has 2 aliphatic carbocycles. The van der Waals surface area contributed by atoms with Gasteiger partial charge in [-0.3, -0.25) is 14.3 Å². The molecule has 1 spiro atoms. The highest BCUT2D eigenvalue weighted by atomic mass is 16.3. The van der Waals surface area contributed by atoms with Crippen molar-refractivity contribution in [2.24, 2.45) is 11.3 Å². The van der Waals surface area contributed by atoms with E-state index in [1.54, 1.807) is 0 Å². The van der Waals surface area contributed by atoms with Crippen LogP contribution in [0.3, 0.4) is 0 Å². The van der Waals surface area contributed by atoms with Gasteiger partial charge in [-0.05, 0) is 12.8 Å². The van der Waals surface area contributed by atoms with E-state index in [-0.39, 0.29) is 6.61 Å². The van der Waals surface area contributed by atoms with E-state index >= 15 is 0 Å². The lowest BCUT2D eigenvalue weighted by Crippen LogP contribution is -2.38. The van der Waals surface area contributed by atoms with E-state index in [0.717, 1.165) is 12.8 Å². The Balaban J connectivity index is 2.09. The summed E-state index contributed by atoms with van der Waals surface area (Å²) >= 11 is 0. The van der Waals surface area contributed by atoms with Crippen LogP contribution < -0.4 is 11.2 Å². The van der Waals surface area contributed by atoms with Gasteiger partial charge in [0.05, 0.1) is 12.1 Å². The molecule has 0 aliphatic heterocycles. The molecule has 1 heterocycles. The topological polar surface area (TPSA) is 116 Å². The van der Waals surface area contributed by atoms with E-state index in [1.807, 2.05) is 0 Å². The summed E-state index contributed by atoms with van der Waals surface area (Å²) in [4.78, 5) is 25.1. The number of rotatable bonds is 2. The largest absolute Gasteiger partial charge is 0.396 e. The van der Waals surface area contributed by atoms with Crippen LogP contribution in [-0.4, -0.2) is 43.7 Å². The van der Waals surface area contributed by atoms with E-state index in [0.29, 0.717) is 0 Å². The summed E-state index contributed by atoms with van der Waals surface area (Å²) in [7, 11) is 0. The fourth-order valence-electron chi connectivity index (χ4n) is 3.51. The molecule has 19 heavy (non-hydrogen) atoms. The normalized spacial score (nSPS) is 35.7. The lowest BCUT2D eigenvalue weighted by Gasteiger charge is -2.25. The van der Waals surface area contributed by atoms with Gasteiger partial charge in [-0.2, -0.15) is 0 Å².